The third kappa shape index (κ3) is 2.35. The minimum absolute atomic E-state index is 0.00421. The molecule has 2 aliphatic rings. The van der Waals surface area contributed by atoms with Crippen molar-refractivity contribution < 1.29 is 9.53 Å². The Morgan fingerprint density at radius 2 is 1.91 bits per heavy atom. The molecular weight excluding hydrogens is 298 g/mol. The van der Waals surface area contributed by atoms with Crippen LogP contribution in [0.2, 0.25) is 0 Å². The minimum Gasteiger partial charge on any atom is -0.361 e. The molecule has 0 aromatic heterocycles. The average molecular weight is 322 g/mol. The van der Waals surface area contributed by atoms with Crippen LogP contribution in [0.1, 0.15) is 44.6 Å². The van der Waals surface area contributed by atoms with Crippen LogP contribution >= 0.6 is 11.6 Å². The van der Waals surface area contributed by atoms with Crippen molar-refractivity contribution in [2.75, 3.05) is 13.3 Å². The molecule has 2 unspecified atom stereocenters. The van der Waals surface area contributed by atoms with Crippen LogP contribution in [0.4, 0.5) is 0 Å². The summed E-state index contributed by atoms with van der Waals surface area (Å²) in [5, 5.41) is -0.474. The van der Waals surface area contributed by atoms with Gasteiger partial charge in [0.05, 0.1) is 5.54 Å². The van der Waals surface area contributed by atoms with Crippen LogP contribution in [-0.4, -0.2) is 29.5 Å². The van der Waals surface area contributed by atoms with Crippen LogP contribution < -0.4 is 0 Å². The van der Waals surface area contributed by atoms with Gasteiger partial charge in [0.1, 0.15) is 12.1 Å². The zero-order valence-corrected chi connectivity index (χ0v) is 13.9. The highest BCUT2D eigenvalue weighted by molar-refractivity contribution is 6.34. The Labute approximate surface area is 137 Å². The smallest absolute Gasteiger partial charge is 0.246 e. The first-order valence-electron chi connectivity index (χ1n) is 8.31. The van der Waals surface area contributed by atoms with E-state index in [0.717, 1.165) is 18.4 Å². The van der Waals surface area contributed by atoms with Crippen molar-refractivity contribution >= 4 is 17.5 Å². The molecule has 1 aliphatic carbocycles. The summed E-state index contributed by atoms with van der Waals surface area (Å²) in [7, 11) is 0. The topological polar surface area (TPSA) is 29.5 Å². The highest BCUT2D eigenvalue weighted by Crippen LogP contribution is 2.54. The fourth-order valence-electron chi connectivity index (χ4n) is 4.14. The fraction of sp³-hybridized carbons (Fsp3) is 0.611. The second-order valence-corrected chi connectivity index (χ2v) is 6.71. The standard InChI is InChI=1S/C18H24ClNO2/c1-2-22-13-20-17(21)16(19)18(20,14-9-5-3-6-10-14)15-11-7-4-8-12-15/h3,5-6,9-10,15-16H,2,4,7-8,11-13H2,1H3. The van der Waals surface area contributed by atoms with E-state index >= 15 is 0 Å². The lowest BCUT2D eigenvalue weighted by atomic mass is 9.64. The maximum Gasteiger partial charge on any atom is 0.246 e. The molecule has 0 radical (unpaired) electrons. The summed E-state index contributed by atoms with van der Waals surface area (Å²) in [6.45, 7) is 2.89. The largest absolute Gasteiger partial charge is 0.361 e. The van der Waals surface area contributed by atoms with Gasteiger partial charge in [-0.1, -0.05) is 49.6 Å². The maximum absolute atomic E-state index is 12.4. The summed E-state index contributed by atoms with van der Waals surface area (Å²) in [5.41, 5.74) is 0.761. The first-order chi connectivity index (χ1) is 10.7. The molecule has 0 bridgehead atoms. The van der Waals surface area contributed by atoms with Gasteiger partial charge in [0.15, 0.2) is 0 Å². The Morgan fingerprint density at radius 3 is 2.55 bits per heavy atom. The molecule has 2 fully saturated rings. The minimum atomic E-state index is -0.474. The number of halogens is 1. The Hall–Kier alpha value is -1.06. The van der Waals surface area contributed by atoms with Gasteiger partial charge in [-0.3, -0.25) is 4.79 Å². The summed E-state index contributed by atoms with van der Waals surface area (Å²) < 4.78 is 5.57. The van der Waals surface area contributed by atoms with Gasteiger partial charge in [-0.2, -0.15) is 0 Å². The van der Waals surface area contributed by atoms with Crippen molar-refractivity contribution in [3.63, 3.8) is 0 Å². The molecule has 0 N–H and O–H groups in total. The van der Waals surface area contributed by atoms with Crippen molar-refractivity contribution in [2.24, 2.45) is 5.92 Å². The highest BCUT2D eigenvalue weighted by Gasteiger charge is 2.63. The molecule has 1 saturated carbocycles. The Morgan fingerprint density at radius 1 is 1.23 bits per heavy atom. The van der Waals surface area contributed by atoms with E-state index in [-0.39, 0.29) is 5.91 Å². The van der Waals surface area contributed by atoms with E-state index in [0.29, 0.717) is 19.3 Å². The third-order valence-electron chi connectivity index (χ3n) is 5.20. The molecule has 1 saturated heterocycles. The van der Waals surface area contributed by atoms with Gasteiger partial charge in [0.2, 0.25) is 5.91 Å². The van der Waals surface area contributed by atoms with Gasteiger partial charge in [-0.15, -0.1) is 11.6 Å². The van der Waals surface area contributed by atoms with E-state index < -0.39 is 10.9 Å². The Bertz CT molecular complexity index is 515. The van der Waals surface area contributed by atoms with Crippen molar-refractivity contribution in [3.8, 4) is 0 Å². The molecular formula is C18H24ClNO2. The number of benzene rings is 1. The molecule has 3 rings (SSSR count). The van der Waals surface area contributed by atoms with E-state index in [1.165, 1.54) is 19.3 Å². The Kier molecular flexibility index (Phi) is 4.74. The van der Waals surface area contributed by atoms with Crippen molar-refractivity contribution in [1.82, 2.24) is 4.90 Å². The first kappa shape index (κ1) is 15.8. The molecule has 1 aromatic rings. The van der Waals surface area contributed by atoms with Gasteiger partial charge in [0.25, 0.3) is 0 Å². The van der Waals surface area contributed by atoms with Gasteiger partial charge in [-0.05, 0) is 31.2 Å². The molecule has 1 heterocycles. The number of likely N-dealkylation sites (tertiary alicyclic amines) is 1. The van der Waals surface area contributed by atoms with E-state index in [1.54, 1.807) is 0 Å². The van der Waals surface area contributed by atoms with E-state index in [2.05, 4.69) is 12.1 Å². The summed E-state index contributed by atoms with van der Waals surface area (Å²) in [6.07, 6.45) is 5.99. The third-order valence-corrected chi connectivity index (χ3v) is 5.72. The number of carbonyl (C=O) groups is 1. The van der Waals surface area contributed by atoms with Crippen LogP contribution in [0.3, 0.4) is 0 Å². The number of rotatable bonds is 5. The molecule has 120 valence electrons. The fourth-order valence-corrected chi connectivity index (χ4v) is 4.68. The van der Waals surface area contributed by atoms with E-state index in [1.807, 2.05) is 30.0 Å². The molecule has 1 aliphatic heterocycles. The predicted octanol–water partition coefficient (Wildman–Crippen LogP) is 3.91. The lowest BCUT2D eigenvalue weighted by molar-refractivity contribution is -0.179. The molecule has 1 aromatic carbocycles. The summed E-state index contributed by atoms with van der Waals surface area (Å²) in [5.74, 6) is 0.425. The molecule has 4 heteroatoms. The van der Waals surface area contributed by atoms with E-state index in [9.17, 15) is 4.79 Å². The number of hydrogen-bond donors (Lipinski definition) is 0. The summed E-state index contributed by atoms with van der Waals surface area (Å²) in [4.78, 5) is 14.3. The van der Waals surface area contributed by atoms with Gasteiger partial charge in [-0.25, -0.2) is 0 Å². The number of alkyl halides is 1. The quantitative estimate of drug-likeness (QED) is 0.608. The van der Waals surface area contributed by atoms with Crippen LogP contribution in [0.25, 0.3) is 0 Å². The average Bonchev–Trinajstić information content (AvgIpc) is 2.59. The van der Waals surface area contributed by atoms with Gasteiger partial charge >= 0.3 is 0 Å². The molecule has 1 amide bonds. The van der Waals surface area contributed by atoms with Crippen molar-refractivity contribution in [2.45, 2.75) is 49.9 Å². The number of amides is 1. The number of nitrogens with zero attached hydrogens (tertiary/aromatic N) is 1. The molecule has 0 spiro atoms. The van der Waals surface area contributed by atoms with Crippen LogP contribution in [0.5, 0.6) is 0 Å². The van der Waals surface area contributed by atoms with Gasteiger partial charge < -0.3 is 9.64 Å². The predicted molar refractivity (Wildman–Crippen MR) is 87.7 cm³/mol. The molecule has 3 nitrogen and oxygen atoms in total. The van der Waals surface area contributed by atoms with Crippen LogP contribution in [0, 0.1) is 5.92 Å². The monoisotopic (exact) mass is 321 g/mol. The molecule has 22 heavy (non-hydrogen) atoms. The molecule has 2 atom stereocenters. The number of β-lactam (4-membered cyclic amide) rings is 1. The zero-order chi connectivity index (χ0) is 15.6. The number of ether oxygens (including phenoxy) is 1. The maximum atomic E-state index is 12.4. The highest BCUT2D eigenvalue weighted by atomic mass is 35.5. The van der Waals surface area contributed by atoms with Crippen LogP contribution in [0.15, 0.2) is 30.3 Å². The Balaban J connectivity index is 2.00. The summed E-state index contributed by atoms with van der Waals surface area (Å²) >= 11 is 6.62. The van der Waals surface area contributed by atoms with Gasteiger partial charge in [0, 0.05) is 6.61 Å². The number of hydrogen-bond acceptors (Lipinski definition) is 2. The SMILES string of the molecule is CCOCN1C(=O)C(Cl)C1(c1ccccc1)C1CCCCC1. The van der Waals surface area contributed by atoms with Crippen molar-refractivity contribution in [1.29, 1.82) is 0 Å². The normalized spacial score (nSPS) is 29.5. The number of carbonyl (C=O) groups excluding carboxylic acids is 1. The van der Waals surface area contributed by atoms with Crippen molar-refractivity contribution in [3.05, 3.63) is 35.9 Å². The second-order valence-electron chi connectivity index (χ2n) is 6.28. The zero-order valence-electron chi connectivity index (χ0n) is 13.1. The lowest BCUT2D eigenvalue weighted by Crippen LogP contribution is -2.73. The van der Waals surface area contributed by atoms with Crippen LogP contribution in [-0.2, 0) is 15.1 Å². The summed E-state index contributed by atoms with van der Waals surface area (Å²) in [6, 6.07) is 10.3. The first-order valence-corrected chi connectivity index (χ1v) is 8.75. The lowest BCUT2D eigenvalue weighted by Gasteiger charge is -2.59. The second kappa shape index (κ2) is 6.59. The van der Waals surface area contributed by atoms with E-state index in [4.69, 9.17) is 16.3 Å².